The fourth-order valence-electron chi connectivity index (χ4n) is 2.56. The van der Waals surface area contributed by atoms with E-state index in [-0.39, 0.29) is 0 Å². The Morgan fingerprint density at radius 3 is 2.62 bits per heavy atom. The van der Waals surface area contributed by atoms with Crippen LogP contribution in [0.3, 0.4) is 0 Å². The summed E-state index contributed by atoms with van der Waals surface area (Å²) in [5.41, 5.74) is 9.07. The van der Waals surface area contributed by atoms with Gasteiger partial charge in [0.15, 0.2) is 0 Å². The molecule has 0 atom stereocenters. The Kier molecular flexibility index (Phi) is 3.82. The first-order chi connectivity index (χ1) is 10.3. The van der Waals surface area contributed by atoms with Crippen molar-refractivity contribution in [3.63, 3.8) is 0 Å². The molecule has 0 fully saturated rings. The second kappa shape index (κ2) is 5.92. The van der Waals surface area contributed by atoms with E-state index in [1.165, 1.54) is 16.5 Å². The van der Waals surface area contributed by atoms with Crippen LogP contribution in [0.1, 0.15) is 12.5 Å². The van der Waals surface area contributed by atoms with Gasteiger partial charge in [0.1, 0.15) is 5.75 Å². The smallest absolute Gasteiger partial charge is 0.120 e. The number of rotatable bonds is 5. The molecule has 108 valence electrons. The van der Waals surface area contributed by atoms with Crippen LogP contribution in [0.25, 0.3) is 10.9 Å². The van der Waals surface area contributed by atoms with E-state index < -0.39 is 0 Å². The summed E-state index contributed by atoms with van der Waals surface area (Å²) < 4.78 is 7.82. The van der Waals surface area contributed by atoms with Crippen molar-refractivity contribution in [2.24, 2.45) is 0 Å². The monoisotopic (exact) mass is 280 g/mol. The lowest BCUT2D eigenvalue weighted by atomic mass is 10.1. The Bertz CT molecular complexity index is 729. The highest BCUT2D eigenvalue weighted by Crippen LogP contribution is 2.22. The van der Waals surface area contributed by atoms with Gasteiger partial charge in [-0.25, -0.2) is 0 Å². The fourth-order valence-corrected chi connectivity index (χ4v) is 2.56. The van der Waals surface area contributed by atoms with E-state index in [1.807, 2.05) is 25.1 Å². The zero-order chi connectivity index (χ0) is 14.7. The summed E-state index contributed by atoms with van der Waals surface area (Å²) >= 11 is 0. The Balaban J connectivity index is 1.76. The van der Waals surface area contributed by atoms with Crippen LogP contribution in [0.15, 0.2) is 54.7 Å². The second-order valence-electron chi connectivity index (χ2n) is 5.15. The van der Waals surface area contributed by atoms with E-state index in [0.29, 0.717) is 6.61 Å². The molecule has 3 heteroatoms. The SMILES string of the molecule is CCOc1ccc2c(ccn2CCc2ccc(N)cc2)c1. The number of nitrogens with two attached hydrogens (primary N) is 1. The zero-order valence-corrected chi connectivity index (χ0v) is 12.3. The Labute approximate surface area is 125 Å². The highest BCUT2D eigenvalue weighted by atomic mass is 16.5. The van der Waals surface area contributed by atoms with Crippen LogP contribution in [0.4, 0.5) is 5.69 Å². The molecule has 0 amide bonds. The van der Waals surface area contributed by atoms with Crippen LogP contribution in [-0.2, 0) is 13.0 Å². The van der Waals surface area contributed by atoms with E-state index >= 15 is 0 Å². The van der Waals surface area contributed by atoms with Gasteiger partial charge in [0.2, 0.25) is 0 Å². The molecule has 2 N–H and O–H groups in total. The third kappa shape index (κ3) is 3.02. The number of aromatic nitrogens is 1. The lowest BCUT2D eigenvalue weighted by Gasteiger charge is -2.07. The molecule has 1 heterocycles. The van der Waals surface area contributed by atoms with Gasteiger partial charge in [-0.1, -0.05) is 12.1 Å². The molecular weight excluding hydrogens is 260 g/mol. The van der Waals surface area contributed by atoms with Crippen molar-refractivity contribution in [2.45, 2.75) is 19.9 Å². The van der Waals surface area contributed by atoms with E-state index in [2.05, 4.69) is 41.1 Å². The van der Waals surface area contributed by atoms with Gasteiger partial charge < -0.3 is 15.0 Å². The number of hydrogen-bond donors (Lipinski definition) is 1. The quantitative estimate of drug-likeness (QED) is 0.721. The minimum atomic E-state index is 0.698. The molecule has 0 aliphatic carbocycles. The molecule has 0 spiro atoms. The van der Waals surface area contributed by atoms with Crippen molar-refractivity contribution in [1.82, 2.24) is 4.57 Å². The van der Waals surface area contributed by atoms with Gasteiger partial charge in [-0.05, 0) is 55.3 Å². The van der Waals surface area contributed by atoms with E-state index in [4.69, 9.17) is 10.5 Å². The first kappa shape index (κ1) is 13.6. The summed E-state index contributed by atoms with van der Waals surface area (Å²) in [6.07, 6.45) is 3.13. The summed E-state index contributed by atoms with van der Waals surface area (Å²) in [4.78, 5) is 0. The fraction of sp³-hybridized carbons (Fsp3) is 0.222. The van der Waals surface area contributed by atoms with Crippen molar-refractivity contribution in [2.75, 3.05) is 12.3 Å². The summed E-state index contributed by atoms with van der Waals surface area (Å²) in [5, 5.41) is 1.22. The number of nitrogens with zero attached hydrogens (tertiary/aromatic N) is 1. The molecule has 3 rings (SSSR count). The third-order valence-electron chi connectivity index (χ3n) is 3.67. The molecule has 0 aliphatic rings. The van der Waals surface area contributed by atoms with Gasteiger partial charge in [0, 0.05) is 29.3 Å². The van der Waals surface area contributed by atoms with Crippen molar-refractivity contribution in [1.29, 1.82) is 0 Å². The molecule has 2 aromatic carbocycles. The molecule has 0 saturated heterocycles. The lowest BCUT2D eigenvalue weighted by Crippen LogP contribution is -2.00. The first-order valence-corrected chi connectivity index (χ1v) is 7.32. The Morgan fingerprint density at radius 1 is 1.05 bits per heavy atom. The van der Waals surface area contributed by atoms with Crippen LogP contribution in [-0.4, -0.2) is 11.2 Å². The maximum Gasteiger partial charge on any atom is 0.120 e. The van der Waals surface area contributed by atoms with Crippen molar-refractivity contribution in [3.8, 4) is 5.75 Å². The Hall–Kier alpha value is -2.42. The molecule has 1 aromatic heterocycles. The highest BCUT2D eigenvalue weighted by Gasteiger charge is 2.03. The molecule has 21 heavy (non-hydrogen) atoms. The number of hydrogen-bond acceptors (Lipinski definition) is 2. The number of anilines is 1. The molecule has 0 unspecified atom stereocenters. The van der Waals surface area contributed by atoms with Crippen molar-refractivity contribution >= 4 is 16.6 Å². The molecule has 0 bridgehead atoms. The lowest BCUT2D eigenvalue weighted by molar-refractivity contribution is 0.340. The molecule has 3 nitrogen and oxygen atoms in total. The van der Waals surface area contributed by atoms with Gasteiger partial charge in [-0.3, -0.25) is 0 Å². The summed E-state index contributed by atoms with van der Waals surface area (Å²) in [5.74, 6) is 0.932. The first-order valence-electron chi connectivity index (χ1n) is 7.32. The predicted molar refractivity (Wildman–Crippen MR) is 87.7 cm³/mol. The average molecular weight is 280 g/mol. The summed E-state index contributed by atoms with van der Waals surface area (Å²) in [6, 6.07) is 16.5. The number of aryl methyl sites for hydroxylation is 2. The van der Waals surface area contributed by atoms with Crippen molar-refractivity contribution in [3.05, 3.63) is 60.3 Å². The van der Waals surface area contributed by atoms with Crippen LogP contribution in [0.2, 0.25) is 0 Å². The van der Waals surface area contributed by atoms with E-state index in [1.54, 1.807) is 0 Å². The van der Waals surface area contributed by atoms with Gasteiger partial charge in [-0.15, -0.1) is 0 Å². The zero-order valence-electron chi connectivity index (χ0n) is 12.3. The van der Waals surface area contributed by atoms with Crippen LogP contribution in [0, 0.1) is 0 Å². The van der Waals surface area contributed by atoms with Crippen LogP contribution >= 0.6 is 0 Å². The highest BCUT2D eigenvalue weighted by molar-refractivity contribution is 5.81. The van der Waals surface area contributed by atoms with Gasteiger partial charge in [0.05, 0.1) is 6.61 Å². The van der Waals surface area contributed by atoms with Crippen molar-refractivity contribution < 1.29 is 4.74 Å². The number of ether oxygens (including phenoxy) is 1. The maximum absolute atomic E-state index is 5.71. The van der Waals surface area contributed by atoms with E-state index in [0.717, 1.165) is 24.4 Å². The van der Waals surface area contributed by atoms with Crippen LogP contribution in [0.5, 0.6) is 5.75 Å². The summed E-state index contributed by atoms with van der Waals surface area (Å²) in [7, 11) is 0. The number of fused-ring (bicyclic) bond motifs is 1. The van der Waals surface area contributed by atoms with Crippen LogP contribution < -0.4 is 10.5 Å². The summed E-state index contributed by atoms with van der Waals surface area (Å²) in [6.45, 7) is 3.66. The second-order valence-corrected chi connectivity index (χ2v) is 5.15. The normalized spacial score (nSPS) is 10.9. The maximum atomic E-state index is 5.71. The van der Waals surface area contributed by atoms with Gasteiger partial charge in [-0.2, -0.15) is 0 Å². The largest absolute Gasteiger partial charge is 0.494 e. The third-order valence-corrected chi connectivity index (χ3v) is 3.67. The minimum Gasteiger partial charge on any atom is -0.494 e. The minimum absolute atomic E-state index is 0.698. The van der Waals surface area contributed by atoms with Gasteiger partial charge in [0.25, 0.3) is 0 Å². The topological polar surface area (TPSA) is 40.2 Å². The molecule has 0 radical (unpaired) electrons. The predicted octanol–water partition coefficient (Wildman–Crippen LogP) is 3.86. The molecule has 0 aliphatic heterocycles. The van der Waals surface area contributed by atoms with E-state index in [9.17, 15) is 0 Å². The molecule has 0 saturated carbocycles. The molecule has 3 aromatic rings. The number of benzene rings is 2. The number of nitrogen functional groups attached to an aromatic ring is 1. The Morgan fingerprint density at radius 2 is 1.86 bits per heavy atom. The van der Waals surface area contributed by atoms with Gasteiger partial charge >= 0.3 is 0 Å². The average Bonchev–Trinajstić information content (AvgIpc) is 2.89. The standard InChI is InChI=1S/C18H20N2O/c1-2-21-17-7-8-18-15(13-17)10-12-20(18)11-9-14-3-5-16(19)6-4-14/h3-8,10,12-13H,2,9,11,19H2,1H3. The molecular formula is C18H20N2O.